The van der Waals surface area contributed by atoms with E-state index in [2.05, 4.69) is 23.0 Å². The minimum Gasteiger partial charge on any atom is -0.432 e. The summed E-state index contributed by atoms with van der Waals surface area (Å²) >= 11 is 1.57. The van der Waals surface area contributed by atoms with E-state index in [4.69, 9.17) is 14.6 Å². The van der Waals surface area contributed by atoms with Gasteiger partial charge in [0.15, 0.2) is 17.3 Å². The van der Waals surface area contributed by atoms with E-state index in [1.807, 2.05) is 24.3 Å². The second-order valence-electron chi connectivity index (χ2n) is 8.94. The Balaban J connectivity index is 0.000000189. The van der Waals surface area contributed by atoms with Crippen molar-refractivity contribution in [3.63, 3.8) is 0 Å². The van der Waals surface area contributed by atoms with Gasteiger partial charge in [0.1, 0.15) is 12.8 Å². The van der Waals surface area contributed by atoms with E-state index in [-0.39, 0.29) is 25.1 Å². The number of rotatable bonds is 3. The number of carbonyl (C=O) groups is 2. The summed E-state index contributed by atoms with van der Waals surface area (Å²) in [6, 6.07) is 12.1. The lowest BCUT2D eigenvalue weighted by Crippen LogP contribution is -2.59. The smallest absolute Gasteiger partial charge is 0.432 e. The Morgan fingerprint density at radius 3 is 2.71 bits per heavy atom. The van der Waals surface area contributed by atoms with Crippen LogP contribution in [0.3, 0.4) is 0 Å². The molecule has 4 heterocycles. The van der Waals surface area contributed by atoms with Gasteiger partial charge in [-0.05, 0) is 29.7 Å². The number of hydrogen-bond donors (Lipinski definition) is 2. The Hall–Kier alpha value is -4.38. The van der Waals surface area contributed by atoms with Gasteiger partial charge >= 0.3 is 6.16 Å². The van der Waals surface area contributed by atoms with Crippen molar-refractivity contribution in [2.24, 2.45) is 0 Å². The first-order chi connectivity index (χ1) is 20.4. The second-order valence-corrected chi connectivity index (χ2v) is 9.96. The molecule has 220 valence electrons. The van der Waals surface area contributed by atoms with Crippen LogP contribution in [0.4, 0.5) is 13.6 Å². The molecular weight excluding hydrogens is 572 g/mol. The number of nitrogens with one attached hydrogen (secondary N) is 1. The molecule has 0 unspecified atom stereocenters. The van der Waals surface area contributed by atoms with Gasteiger partial charge in [-0.3, -0.25) is 14.3 Å². The van der Waals surface area contributed by atoms with Crippen LogP contribution in [-0.2, 0) is 21.6 Å². The lowest BCUT2D eigenvalue weighted by Gasteiger charge is -2.41. The zero-order chi connectivity index (χ0) is 30.2. The average Bonchev–Trinajstić information content (AvgIpc) is 3.21. The highest BCUT2D eigenvalue weighted by Crippen LogP contribution is 2.35. The first kappa shape index (κ1) is 30.6. The van der Waals surface area contributed by atoms with Crippen molar-refractivity contribution in [2.75, 3.05) is 38.4 Å². The SMILES string of the molecule is C#C.Fc1ccc2c(c1F)CSc1ccccc1C2.O=C(OCCO)Oc1c2n(ccc1=O)N[C@@H]1COCCN1C2=O. The molecule has 6 rings (SSSR count). The van der Waals surface area contributed by atoms with Crippen molar-refractivity contribution in [3.8, 4) is 18.6 Å². The number of ether oxygens (including phenoxy) is 3. The fraction of sp³-hybridized carbons (Fsp3) is 0.276. The Labute approximate surface area is 244 Å². The number of carbonyl (C=O) groups excluding carboxylic acids is 2. The second kappa shape index (κ2) is 14.0. The fourth-order valence-electron chi connectivity index (χ4n) is 4.52. The summed E-state index contributed by atoms with van der Waals surface area (Å²) in [6.45, 7) is 0.402. The van der Waals surface area contributed by atoms with Crippen molar-refractivity contribution in [2.45, 2.75) is 23.2 Å². The molecule has 2 aromatic carbocycles. The standard InChI is InChI=1S/C14H10F2S.C13H15N3O7.C2H2/c15-12-6-5-9-7-10-3-1-2-4-13(10)17-8-11(9)14(12)16;17-4-6-22-13(20)23-11-8(18)1-2-16-10(11)12(19)15-3-5-21-7-9(15)14-16;1-2/h1-6H,7-8H2;1-2,9,14,17H,3-7H2;1-2H/t;9-;/m.0./s1. The summed E-state index contributed by atoms with van der Waals surface area (Å²) in [5.41, 5.74) is 4.87. The fourth-order valence-corrected chi connectivity index (χ4v) is 5.63. The maximum Gasteiger partial charge on any atom is 0.514 e. The molecule has 42 heavy (non-hydrogen) atoms. The van der Waals surface area contributed by atoms with Crippen LogP contribution in [0.25, 0.3) is 0 Å². The number of morpholine rings is 1. The van der Waals surface area contributed by atoms with Gasteiger partial charge in [-0.1, -0.05) is 24.3 Å². The number of amides is 1. The molecule has 0 aliphatic carbocycles. The van der Waals surface area contributed by atoms with Crippen LogP contribution >= 0.6 is 11.8 Å². The molecule has 0 saturated carbocycles. The van der Waals surface area contributed by atoms with Crippen LogP contribution in [0.1, 0.15) is 27.2 Å². The van der Waals surface area contributed by atoms with Crippen molar-refractivity contribution in [1.82, 2.24) is 9.58 Å². The molecule has 1 fully saturated rings. The number of halogens is 2. The van der Waals surface area contributed by atoms with Crippen LogP contribution in [0.15, 0.2) is 58.4 Å². The van der Waals surface area contributed by atoms with Gasteiger partial charge in [-0.15, -0.1) is 24.6 Å². The van der Waals surface area contributed by atoms with Crippen molar-refractivity contribution in [1.29, 1.82) is 0 Å². The first-order valence-electron chi connectivity index (χ1n) is 12.7. The summed E-state index contributed by atoms with van der Waals surface area (Å²) in [5, 5.41) is 8.62. The first-order valence-corrected chi connectivity index (χ1v) is 13.7. The summed E-state index contributed by atoms with van der Waals surface area (Å²) in [4.78, 5) is 38.8. The lowest BCUT2D eigenvalue weighted by molar-refractivity contribution is -0.00325. The summed E-state index contributed by atoms with van der Waals surface area (Å²) in [6.07, 6.45) is 8.53. The Morgan fingerprint density at radius 2 is 1.93 bits per heavy atom. The summed E-state index contributed by atoms with van der Waals surface area (Å²) < 4.78 is 42.9. The number of pyridine rings is 1. The van der Waals surface area contributed by atoms with E-state index >= 15 is 0 Å². The van der Waals surface area contributed by atoms with Crippen LogP contribution in [0.2, 0.25) is 0 Å². The zero-order valence-electron chi connectivity index (χ0n) is 22.3. The molecule has 13 heteroatoms. The third kappa shape index (κ3) is 6.57. The normalized spacial score (nSPS) is 16.3. The molecule has 1 saturated heterocycles. The van der Waals surface area contributed by atoms with Gasteiger partial charge in [-0.25, -0.2) is 13.6 Å². The molecule has 0 bridgehead atoms. The van der Waals surface area contributed by atoms with Gasteiger partial charge in [0.2, 0.25) is 11.2 Å². The number of benzene rings is 2. The van der Waals surface area contributed by atoms with Crippen molar-refractivity contribution >= 4 is 23.8 Å². The molecule has 2 N–H and O–H groups in total. The number of aliphatic hydroxyl groups excluding tert-OH is 1. The largest absolute Gasteiger partial charge is 0.514 e. The number of thioether (sulfide) groups is 1. The Bertz CT molecular complexity index is 1550. The van der Waals surface area contributed by atoms with Gasteiger partial charge < -0.3 is 29.6 Å². The number of nitrogens with zero attached hydrogens (tertiary/aromatic N) is 2. The minimum absolute atomic E-state index is 0.0865. The predicted octanol–water partition coefficient (Wildman–Crippen LogP) is 3.12. The van der Waals surface area contributed by atoms with Crippen LogP contribution < -0.4 is 15.6 Å². The van der Waals surface area contributed by atoms with E-state index in [1.165, 1.54) is 27.4 Å². The van der Waals surface area contributed by atoms with Gasteiger partial charge in [-0.2, -0.15) is 0 Å². The molecule has 1 atom stereocenters. The summed E-state index contributed by atoms with van der Waals surface area (Å²) in [5.74, 6) is -1.81. The Morgan fingerprint density at radius 1 is 1.14 bits per heavy atom. The molecular formula is C29H27F2N3O7S. The van der Waals surface area contributed by atoms with Crippen molar-refractivity contribution < 1.29 is 37.7 Å². The van der Waals surface area contributed by atoms with Crippen molar-refractivity contribution in [3.05, 3.63) is 92.9 Å². The van der Waals surface area contributed by atoms with Gasteiger partial charge in [0.05, 0.1) is 19.8 Å². The minimum atomic E-state index is -1.16. The number of aliphatic hydroxyl groups is 1. The molecule has 0 spiro atoms. The monoisotopic (exact) mass is 599 g/mol. The molecule has 3 aromatic rings. The molecule has 1 amide bonds. The number of fused-ring (bicyclic) bond motifs is 4. The van der Waals surface area contributed by atoms with E-state index in [1.54, 1.807) is 17.8 Å². The quantitative estimate of drug-likeness (QED) is 0.346. The number of hydrogen-bond acceptors (Lipinski definition) is 9. The topological polar surface area (TPSA) is 119 Å². The highest BCUT2D eigenvalue weighted by molar-refractivity contribution is 7.98. The molecule has 1 aromatic heterocycles. The zero-order valence-corrected chi connectivity index (χ0v) is 23.1. The average molecular weight is 600 g/mol. The summed E-state index contributed by atoms with van der Waals surface area (Å²) in [7, 11) is 0. The van der Waals surface area contributed by atoms with Gasteiger partial charge in [0, 0.05) is 35.0 Å². The van der Waals surface area contributed by atoms with Crippen LogP contribution in [0, 0.1) is 24.5 Å². The number of terminal acetylenes is 1. The van der Waals surface area contributed by atoms with E-state index in [9.17, 15) is 23.2 Å². The van der Waals surface area contributed by atoms with E-state index < -0.39 is 34.9 Å². The van der Waals surface area contributed by atoms with Crippen LogP contribution in [-0.4, -0.2) is 65.9 Å². The third-order valence-corrected chi connectivity index (χ3v) is 7.59. The molecule has 3 aliphatic rings. The maximum absolute atomic E-state index is 13.7. The highest BCUT2D eigenvalue weighted by atomic mass is 32.2. The highest BCUT2D eigenvalue weighted by Gasteiger charge is 2.37. The van der Waals surface area contributed by atoms with Gasteiger partial charge in [0.25, 0.3) is 5.91 Å². The van der Waals surface area contributed by atoms with E-state index in [0.29, 0.717) is 37.5 Å². The number of aromatic nitrogens is 1. The predicted molar refractivity (Wildman–Crippen MR) is 150 cm³/mol. The van der Waals surface area contributed by atoms with E-state index in [0.717, 1.165) is 16.5 Å². The lowest BCUT2D eigenvalue weighted by atomic mass is 10.0. The maximum atomic E-state index is 13.7. The molecule has 10 nitrogen and oxygen atoms in total. The molecule has 0 radical (unpaired) electrons. The molecule has 3 aliphatic heterocycles. The Kier molecular flexibility index (Phi) is 10.2. The third-order valence-electron chi connectivity index (χ3n) is 6.45. The van der Waals surface area contributed by atoms with Crippen LogP contribution in [0.5, 0.6) is 5.75 Å².